The van der Waals surface area contributed by atoms with Gasteiger partial charge in [-0.15, -0.1) is 0 Å². The highest BCUT2D eigenvalue weighted by Gasteiger charge is 2.05. The molecule has 4 heteroatoms. The second-order valence-corrected chi connectivity index (χ2v) is 4.52. The predicted octanol–water partition coefficient (Wildman–Crippen LogP) is 1.33. The molecule has 0 aliphatic heterocycles. The van der Waals surface area contributed by atoms with Crippen LogP contribution in [-0.4, -0.2) is 41.1 Å². The van der Waals surface area contributed by atoms with Gasteiger partial charge in [-0.25, -0.2) is 4.98 Å². The Bertz CT molecular complexity index is 293. The van der Waals surface area contributed by atoms with E-state index < -0.39 is 0 Å². The van der Waals surface area contributed by atoms with E-state index in [9.17, 15) is 0 Å². The van der Waals surface area contributed by atoms with Gasteiger partial charge in [0.15, 0.2) is 0 Å². The van der Waals surface area contributed by atoms with Crippen molar-refractivity contribution < 1.29 is 0 Å². The van der Waals surface area contributed by atoms with Gasteiger partial charge in [0.2, 0.25) is 0 Å². The average Bonchev–Trinajstić information content (AvgIpc) is 2.66. The highest BCUT2D eigenvalue weighted by Crippen LogP contribution is 2.00. The number of hydrogen-bond acceptors (Lipinski definition) is 3. The lowest BCUT2D eigenvalue weighted by atomic mass is 10.3. The van der Waals surface area contributed by atoms with E-state index in [2.05, 4.69) is 47.7 Å². The first-order valence-corrected chi connectivity index (χ1v) is 6.01. The van der Waals surface area contributed by atoms with Crippen LogP contribution in [0, 0.1) is 0 Å². The highest BCUT2D eigenvalue weighted by atomic mass is 15.1. The summed E-state index contributed by atoms with van der Waals surface area (Å²) in [6, 6.07) is 0.558. The van der Waals surface area contributed by atoms with E-state index >= 15 is 0 Å². The Morgan fingerprint density at radius 2 is 2.25 bits per heavy atom. The summed E-state index contributed by atoms with van der Waals surface area (Å²) in [4.78, 5) is 6.40. The number of likely N-dealkylation sites (N-methyl/N-ethyl adjacent to an activating group) is 1. The fraction of sp³-hybridized carbons (Fsp3) is 0.750. The van der Waals surface area contributed by atoms with E-state index in [0.29, 0.717) is 6.04 Å². The van der Waals surface area contributed by atoms with Crippen molar-refractivity contribution in [2.45, 2.75) is 39.4 Å². The molecule has 92 valence electrons. The maximum Gasteiger partial charge on any atom is 0.0948 e. The van der Waals surface area contributed by atoms with Crippen LogP contribution in [0.5, 0.6) is 0 Å². The average molecular weight is 224 g/mol. The molecule has 1 aromatic heterocycles. The molecular weight excluding hydrogens is 200 g/mol. The number of imidazole rings is 1. The summed E-state index contributed by atoms with van der Waals surface area (Å²) in [6.07, 6.45) is 5.01. The monoisotopic (exact) mass is 224 g/mol. The summed E-state index contributed by atoms with van der Waals surface area (Å²) in [5.74, 6) is 0. The summed E-state index contributed by atoms with van der Waals surface area (Å²) in [5, 5.41) is 3.47. The number of hydrogen-bond donors (Lipinski definition) is 1. The summed E-state index contributed by atoms with van der Waals surface area (Å²) >= 11 is 0. The third kappa shape index (κ3) is 3.94. The van der Waals surface area contributed by atoms with Gasteiger partial charge in [0.05, 0.1) is 12.0 Å². The molecule has 1 atom stereocenters. The zero-order valence-corrected chi connectivity index (χ0v) is 10.9. The molecule has 0 saturated carbocycles. The zero-order valence-electron chi connectivity index (χ0n) is 10.9. The van der Waals surface area contributed by atoms with Crippen LogP contribution < -0.4 is 5.32 Å². The van der Waals surface area contributed by atoms with Crippen LogP contribution in [0.15, 0.2) is 12.5 Å². The first-order chi connectivity index (χ1) is 7.65. The van der Waals surface area contributed by atoms with Crippen molar-refractivity contribution in [3.8, 4) is 0 Å². The molecule has 1 N–H and O–H groups in total. The van der Waals surface area contributed by atoms with Gasteiger partial charge < -0.3 is 14.8 Å². The minimum atomic E-state index is 0.558. The van der Waals surface area contributed by atoms with Crippen LogP contribution in [-0.2, 0) is 13.1 Å². The Balaban J connectivity index is 2.34. The molecule has 1 heterocycles. The van der Waals surface area contributed by atoms with Gasteiger partial charge in [0.1, 0.15) is 0 Å². The minimum absolute atomic E-state index is 0.558. The van der Waals surface area contributed by atoms with Gasteiger partial charge in [0.25, 0.3) is 0 Å². The summed E-state index contributed by atoms with van der Waals surface area (Å²) in [7, 11) is 4.21. The first kappa shape index (κ1) is 13.2. The molecule has 0 saturated heterocycles. The molecule has 0 aromatic carbocycles. The van der Waals surface area contributed by atoms with Gasteiger partial charge >= 0.3 is 0 Å². The fourth-order valence-corrected chi connectivity index (χ4v) is 1.53. The van der Waals surface area contributed by atoms with Crippen molar-refractivity contribution in [1.82, 2.24) is 19.8 Å². The van der Waals surface area contributed by atoms with E-state index in [0.717, 1.165) is 26.1 Å². The molecule has 0 amide bonds. The summed E-state index contributed by atoms with van der Waals surface area (Å²) in [5.41, 5.74) is 1.27. The van der Waals surface area contributed by atoms with Gasteiger partial charge in [-0.05, 0) is 27.4 Å². The molecule has 0 radical (unpaired) electrons. The smallest absolute Gasteiger partial charge is 0.0948 e. The predicted molar refractivity (Wildman–Crippen MR) is 67.4 cm³/mol. The Morgan fingerprint density at radius 3 is 2.88 bits per heavy atom. The summed E-state index contributed by atoms with van der Waals surface area (Å²) < 4.78 is 2.22. The molecule has 1 rings (SSSR count). The lowest BCUT2D eigenvalue weighted by molar-refractivity contribution is 0.302. The van der Waals surface area contributed by atoms with Crippen LogP contribution >= 0.6 is 0 Å². The van der Waals surface area contributed by atoms with Gasteiger partial charge in [-0.3, -0.25) is 0 Å². The van der Waals surface area contributed by atoms with Gasteiger partial charge in [-0.1, -0.05) is 6.92 Å². The quantitative estimate of drug-likeness (QED) is 0.758. The maximum absolute atomic E-state index is 4.19. The molecule has 4 nitrogen and oxygen atoms in total. The van der Waals surface area contributed by atoms with Crippen LogP contribution in [0.25, 0.3) is 0 Å². The number of aryl methyl sites for hydroxylation is 1. The summed E-state index contributed by atoms with van der Waals surface area (Å²) in [6.45, 7) is 7.37. The van der Waals surface area contributed by atoms with E-state index in [4.69, 9.17) is 0 Å². The molecule has 16 heavy (non-hydrogen) atoms. The van der Waals surface area contributed by atoms with Crippen molar-refractivity contribution in [3.05, 3.63) is 18.2 Å². The molecule has 0 bridgehead atoms. The largest absolute Gasteiger partial charge is 0.333 e. The number of rotatable bonds is 7. The molecule has 1 unspecified atom stereocenters. The maximum atomic E-state index is 4.19. The second-order valence-electron chi connectivity index (χ2n) is 4.52. The minimum Gasteiger partial charge on any atom is -0.333 e. The van der Waals surface area contributed by atoms with Crippen LogP contribution in [0.2, 0.25) is 0 Å². The Labute approximate surface area is 98.7 Å². The van der Waals surface area contributed by atoms with E-state index in [1.807, 2.05) is 12.5 Å². The first-order valence-electron chi connectivity index (χ1n) is 6.01. The van der Waals surface area contributed by atoms with Crippen LogP contribution in [0.3, 0.4) is 0 Å². The zero-order chi connectivity index (χ0) is 12.0. The van der Waals surface area contributed by atoms with Crippen LogP contribution in [0.4, 0.5) is 0 Å². The lowest BCUT2D eigenvalue weighted by Crippen LogP contribution is -2.35. The molecule has 0 spiro atoms. The molecule has 1 aromatic rings. The Kier molecular flexibility index (Phi) is 5.49. The number of nitrogens with one attached hydrogen (secondary N) is 1. The lowest BCUT2D eigenvalue weighted by Gasteiger charge is -2.20. The van der Waals surface area contributed by atoms with Crippen molar-refractivity contribution >= 4 is 0 Å². The standard InChI is InChI=1S/C12H24N4/c1-5-6-16-10-14-9-12(16)8-13-7-11(2)15(3)4/h9-11,13H,5-8H2,1-4H3. The van der Waals surface area contributed by atoms with Crippen molar-refractivity contribution in [1.29, 1.82) is 0 Å². The second kappa shape index (κ2) is 6.66. The van der Waals surface area contributed by atoms with Crippen molar-refractivity contribution in [3.63, 3.8) is 0 Å². The third-order valence-corrected chi connectivity index (χ3v) is 2.89. The number of aromatic nitrogens is 2. The normalized spacial score (nSPS) is 13.3. The SMILES string of the molecule is CCCn1cncc1CNCC(C)N(C)C. The molecule has 0 aliphatic carbocycles. The van der Waals surface area contributed by atoms with Gasteiger partial charge in [-0.2, -0.15) is 0 Å². The van der Waals surface area contributed by atoms with Crippen LogP contribution in [0.1, 0.15) is 26.0 Å². The Morgan fingerprint density at radius 1 is 1.50 bits per heavy atom. The van der Waals surface area contributed by atoms with E-state index in [-0.39, 0.29) is 0 Å². The fourth-order valence-electron chi connectivity index (χ4n) is 1.53. The molecule has 0 fully saturated rings. The van der Waals surface area contributed by atoms with Crippen molar-refractivity contribution in [2.75, 3.05) is 20.6 Å². The topological polar surface area (TPSA) is 33.1 Å². The number of nitrogens with zero attached hydrogens (tertiary/aromatic N) is 3. The van der Waals surface area contributed by atoms with Gasteiger partial charge in [0, 0.05) is 31.9 Å². The Hall–Kier alpha value is -0.870. The third-order valence-electron chi connectivity index (χ3n) is 2.89. The molecular formula is C12H24N4. The van der Waals surface area contributed by atoms with Crippen molar-refractivity contribution in [2.24, 2.45) is 0 Å². The van der Waals surface area contributed by atoms with E-state index in [1.54, 1.807) is 0 Å². The highest BCUT2D eigenvalue weighted by molar-refractivity contribution is 4.97. The molecule has 0 aliphatic rings. The van der Waals surface area contributed by atoms with E-state index in [1.165, 1.54) is 5.69 Å².